The van der Waals surface area contributed by atoms with Crippen LogP contribution in [0.4, 0.5) is 0 Å². The molecule has 0 atom stereocenters. The maximum Gasteiger partial charge on any atom is 0.354 e. The number of ether oxygens (including phenoxy) is 2. The fourth-order valence-electron chi connectivity index (χ4n) is 2.23. The summed E-state index contributed by atoms with van der Waals surface area (Å²) in [5.74, 6) is -0.930. The van der Waals surface area contributed by atoms with E-state index < -0.39 is 11.9 Å². The highest BCUT2D eigenvalue weighted by atomic mass is 16.5. The number of rotatable bonds is 2. The van der Waals surface area contributed by atoms with Crippen LogP contribution in [-0.2, 0) is 16.5 Å². The predicted molar refractivity (Wildman–Crippen MR) is 69.7 cm³/mol. The number of hydrogen-bond donors (Lipinski definition) is 1. The van der Waals surface area contributed by atoms with Crippen LogP contribution < -0.4 is 0 Å². The molecule has 0 unspecified atom stereocenters. The number of nitrogens with zero attached hydrogens (tertiary/aromatic N) is 1. The molecule has 3 heterocycles. The standard InChI is InChI=1S/C13H12N2O5/c1-15-8(13(17)19-3)4-6-10-9(20-11(6)15)5-7(14-10)12(16)18-2/h4-5,14H,1-3H3. The Kier molecular flexibility index (Phi) is 2.56. The molecule has 0 spiro atoms. The van der Waals surface area contributed by atoms with Crippen molar-refractivity contribution in [1.82, 2.24) is 9.55 Å². The van der Waals surface area contributed by atoms with Crippen molar-refractivity contribution >= 4 is 34.1 Å². The van der Waals surface area contributed by atoms with E-state index in [1.165, 1.54) is 14.2 Å². The molecule has 0 aliphatic heterocycles. The van der Waals surface area contributed by atoms with Crippen LogP contribution >= 0.6 is 0 Å². The summed E-state index contributed by atoms with van der Waals surface area (Å²) in [7, 11) is 4.33. The molecule has 0 saturated heterocycles. The molecule has 7 heteroatoms. The SMILES string of the molecule is COC(=O)c1cc2oc3c(cc(C(=O)OC)n3C)c2[nH]1. The minimum Gasteiger partial charge on any atom is -0.464 e. The van der Waals surface area contributed by atoms with Gasteiger partial charge in [-0.1, -0.05) is 0 Å². The fraction of sp³-hybridized carbons (Fsp3) is 0.231. The van der Waals surface area contributed by atoms with Gasteiger partial charge in [-0.25, -0.2) is 9.59 Å². The van der Waals surface area contributed by atoms with Crippen LogP contribution in [-0.4, -0.2) is 35.7 Å². The minimum absolute atomic E-state index is 0.298. The number of aryl methyl sites for hydroxylation is 1. The Morgan fingerprint density at radius 2 is 1.90 bits per heavy atom. The second-order valence-electron chi connectivity index (χ2n) is 4.31. The number of aromatic amines is 1. The highest BCUT2D eigenvalue weighted by Crippen LogP contribution is 2.31. The van der Waals surface area contributed by atoms with Crippen LogP contribution in [0.1, 0.15) is 21.0 Å². The van der Waals surface area contributed by atoms with Crippen LogP contribution in [0.2, 0.25) is 0 Å². The molecule has 0 aromatic carbocycles. The lowest BCUT2D eigenvalue weighted by Crippen LogP contribution is -2.06. The van der Waals surface area contributed by atoms with E-state index >= 15 is 0 Å². The van der Waals surface area contributed by atoms with Gasteiger partial charge < -0.3 is 23.4 Å². The maximum atomic E-state index is 11.6. The van der Waals surface area contributed by atoms with Gasteiger partial charge >= 0.3 is 11.9 Å². The molecule has 104 valence electrons. The first kappa shape index (κ1) is 12.3. The van der Waals surface area contributed by atoms with Gasteiger partial charge in [0, 0.05) is 13.1 Å². The van der Waals surface area contributed by atoms with Crippen molar-refractivity contribution in [2.24, 2.45) is 7.05 Å². The number of methoxy groups -OCH3 is 2. The Balaban J connectivity index is 2.23. The minimum atomic E-state index is -0.478. The first-order valence-corrected chi connectivity index (χ1v) is 5.84. The molecule has 0 amide bonds. The highest BCUT2D eigenvalue weighted by Gasteiger charge is 2.21. The summed E-state index contributed by atoms with van der Waals surface area (Å²) in [5.41, 5.74) is 2.38. The van der Waals surface area contributed by atoms with Gasteiger partial charge in [-0.2, -0.15) is 0 Å². The molecule has 0 aliphatic rings. The van der Waals surface area contributed by atoms with Crippen molar-refractivity contribution in [3.63, 3.8) is 0 Å². The van der Waals surface area contributed by atoms with Gasteiger partial charge in [-0.15, -0.1) is 0 Å². The van der Waals surface area contributed by atoms with E-state index in [0.29, 0.717) is 33.6 Å². The number of carbonyl (C=O) groups excluding carboxylic acids is 2. The molecule has 1 N–H and O–H groups in total. The molecule has 3 aromatic heterocycles. The first-order valence-electron chi connectivity index (χ1n) is 5.84. The summed E-state index contributed by atoms with van der Waals surface area (Å²) in [6, 6.07) is 3.23. The van der Waals surface area contributed by atoms with Crippen molar-refractivity contribution in [3.8, 4) is 0 Å². The average molecular weight is 276 g/mol. The molecular formula is C13H12N2O5. The number of nitrogens with one attached hydrogen (secondary N) is 1. The van der Waals surface area contributed by atoms with E-state index in [-0.39, 0.29) is 0 Å². The highest BCUT2D eigenvalue weighted by molar-refractivity contribution is 6.08. The third-order valence-electron chi connectivity index (χ3n) is 3.23. The van der Waals surface area contributed by atoms with E-state index in [1.807, 2.05) is 0 Å². The zero-order valence-corrected chi connectivity index (χ0v) is 11.1. The smallest absolute Gasteiger partial charge is 0.354 e. The molecule has 0 radical (unpaired) electrons. The number of H-pyrrole nitrogens is 1. The predicted octanol–water partition coefficient (Wildman–Crippen LogP) is 1.83. The lowest BCUT2D eigenvalue weighted by molar-refractivity contribution is 0.0583. The molecule has 0 bridgehead atoms. The number of aromatic nitrogens is 2. The van der Waals surface area contributed by atoms with Crippen LogP contribution in [0.3, 0.4) is 0 Å². The summed E-state index contributed by atoms with van der Waals surface area (Å²) in [6.07, 6.45) is 0. The monoisotopic (exact) mass is 276 g/mol. The summed E-state index contributed by atoms with van der Waals surface area (Å²) in [6.45, 7) is 0. The van der Waals surface area contributed by atoms with Crippen molar-refractivity contribution in [2.75, 3.05) is 14.2 Å². The molecule has 0 saturated carbocycles. The number of esters is 2. The van der Waals surface area contributed by atoms with Crippen LogP contribution in [0.5, 0.6) is 0 Å². The third kappa shape index (κ3) is 1.52. The zero-order valence-electron chi connectivity index (χ0n) is 11.1. The van der Waals surface area contributed by atoms with Gasteiger partial charge in [-0.05, 0) is 6.07 Å². The van der Waals surface area contributed by atoms with Gasteiger partial charge in [0.15, 0.2) is 5.58 Å². The molecule has 3 rings (SSSR count). The fourth-order valence-corrected chi connectivity index (χ4v) is 2.23. The van der Waals surface area contributed by atoms with Crippen molar-refractivity contribution in [3.05, 3.63) is 23.5 Å². The second kappa shape index (κ2) is 4.16. The van der Waals surface area contributed by atoms with Gasteiger partial charge in [0.05, 0.1) is 25.1 Å². The Labute approximate surface area is 113 Å². The quantitative estimate of drug-likeness (QED) is 0.721. The maximum absolute atomic E-state index is 11.6. The summed E-state index contributed by atoms with van der Waals surface area (Å²) >= 11 is 0. The van der Waals surface area contributed by atoms with Crippen molar-refractivity contribution in [2.45, 2.75) is 0 Å². The number of hydrogen-bond acceptors (Lipinski definition) is 5. The Bertz CT molecular complexity index is 836. The normalized spacial score (nSPS) is 11.2. The average Bonchev–Trinajstić information content (AvgIpc) is 3.08. The van der Waals surface area contributed by atoms with Crippen LogP contribution in [0.25, 0.3) is 22.2 Å². The number of carbonyl (C=O) groups is 2. The Morgan fingerprint density at radius 3 is 2.55 bits per heavy atom. The third-order valence-corrected chi connectivity index (χ3v) is 3.23. The number of fused-ring (bicyclic) bond motifs is 3. The largest absolute Gasteiger partial charge is 0.464 e. The van der Waals surface area contributed by atoms with E-state index in [2.05, 4.69) is 9.72 Å². The van der Waals surface area contributed by atoms with E-state index in [1.54, 1.807) is 23.7 Å². The van der Waals surface area contributed by atoms with Gasteiger partial charge in [0.2, 0.25) is 5.71 Å². The Hall–Kier alpha value is -2.70. The summed E-state index contributed by atoms with van der Waals surface area (Å²) in [4.78, 5) is 26.0. The molecule has 0 aliphatic carbocycles. The molecule has 3 aromatic rings. The van der Waals surface area contributed by atoms with Crippen molar-refractivity contribution in [1.29, 1.82) is 0 Å². The first-order chi connectivity index (χ1) is 9.56. The van der Waals surface area contributed by atoms with Gasteiger partial charge in [0.25, 0.3) is 0 Å². The van der Waals surface area contributed by atoms with E-state index in [9.17, 15) is 9.59 Å². The lowest BCUT2D eigenvalue weighted by Gasteiger charge is -1.99. The zero-order chi connectivity index (χ0) is 14.4. The summed E-state index contributed by atoms with van der Waals surface area (Å²) in [5, 5.41) is 0.707. The molecule has 7 nitrogen and oxygen atoms in total. The summed E-state index contributed by atoms with van der Waals surface area (Å²) < 4.78 is 16.6. The molecule has 20 heavy (non-hydrogen) atoms. The molecular weight excluding hydrogens is 264 g/mol. The topological polar surface area (TPSA) is 86.5 Å². The van der Waals surface area contributed by atoms with Gasteiger partial charge in [-0.3, -0.25) is 0 Å². The Morgan fingerprint density at radius 1 is 1.20 bits per heavy atom. The van der Waals surface area contributed by atoms with Crippen LogP contribution in [0.15, 0.2) is 16.5 Å². The molecule has 0 fully saturated rings. The van der Waals surface area contributed by atoms with Crippen LogP contribution in [0, 0.1) is 0 Å². The number of furan rings is 1. The second-order valence-corrected chi connectivity index (χ2v) is 4.31. The van der Waals surface area contributed by atoms with Gasteiger partial charge in [0.1, 0.15) is 11.4 Å². The van der Waals surface area contributed by atoms with E-state index in [4.69, 9.17) is 9.15 Å². The van der Waals surface area contributed by atoms with E-state index in [0.717, 1.165) is 0 Å². The van der Waals surface area contributed by atoms with Crippen molar-refractivity contribution < 1.29 is 23.5 Å². The lowest BCUT2D eigenvalue weighted by atomic mass is 10.3.